The Hall–Kier alpha value is -5.00. The van der Waals surface area contributed by atoms with Crippen molar-refractivity contribution in [1.29, 1.82) is 0 Å². The Morgan fingerprint density at radius 3 is 1.86 bits per heavy atom. The molecule has 0 amide bonds. The van der Waals surface area contributed by atoms with E-state index in [1.54, 1.807) is 7.11 Å². The molecule has 5 heteroatoms. The summed E-state index contributed by atoms with van der Waals surface area (Å²) in [6.45, 7) is 0.241. The van der Waals surface area contributed by atoms with Gasteiger partial charge in [0.05, 0.1) is 18.1 Å². The number of pyridine rings is 2. The first-order valence-corrected chi connectivity index (χ1v) is 11.0. The second-order valence-electron chi connectivity index (χ2n) is 7.90. The molecule has 0 atom stereocenters. The molecule has 0 saturated heterocycles. The number of hydrogen-bond donors (Lipinski definition) is 0. The second kappa shape index (κ2) is 8.74. The topological polar surface area (TPSA) is 53.5 Å². The first kappa shape index (κ1) is 20.6. The first-order chi connectivity index (χ1) is 17.2. The van der Waals surface area contributed by atoms with Crippen LogP contribution in [0.15, 0.2) is 78.9 Å². The van der Waals surface area contributed by atoms with Crippen molar-refractivity contribution in [1.82, 2.24) is 9.97 Å². The van der Waals surface area contributed by atoms with Gasteiger partial charge in [0.15, 0.2) is 11.5 Å². The highest BCUT2D eigenvalue weighted by Crippen LogP contribution is 2.32. The van der Waals surface area contributed by atoms with Crippen molar-refractivity contribution < 1.29 is 14.2 Å². The number of fused-ring (bicyclic) bond motifs is 4. The Kier molecular flexibility index (Phi) is 5.14. The van der Waals surface area contributed by atoms with Crippen molar-refractivity contribution in [3.8, 4) is 40.9 Å². The first-order valence-electron chi connectivity index (χ1n) is 11.0. The van der Waals surface area contributed by atoms with E-state index in [0.29, 0.717) is 17.1 Å². The summed E-state index contributed by atoms with van der Waals surface area (Å²) in [5, 5.41) is 2.00. The minimum Gasteiger partial charge on any atom is -0.497 e. The molecule has 35 heavy (non-hydrogen) atoms. The number of hydrogen-bond acceptors (Lipinski definition) is 5. The van der Waals surface area contributed by atoms with Crippen LogP contribution in [0.4, 0.5) is 0 Å². The summed E-state index contributed by atoms with van der Waals surface area (Å²) in [6.07, 6.45) is 0. The fraction of sp³-hybridized carbons (Fsp3) is 0.0667. The molecule has 0 fully saturated rings. The largest absolute Gasteiger partial charge is 0.497 e. The van der Waals surface area contributed by atoms with Crippen LogP contribution in [0.5, 0.6) is 17.2 Å². The fourth-order valence-corrected chi connectivity index (χ4v) is 3.83. The van der Waals surface area contributed by atoms with Gasteiger partial charge in [-0.05, 0) is 78.6 Å². The number of aromatic nitrogens is 2. The van der Waals surface area contributed by atoms with E-state index in [2.05, 4.69) is 23.7 Å². The maximum Gasteiger partial charge on any atom is 0.231 e. The molecule has 0 N–H and O–H groups in total. The van der Waals surface area contributed by atoms with Crippen molar-refractivity contribution in [2.24, 2.45) is 0 Å². The monoisotopic (exact) mass is 454 g/mol. The third-order valence-electron chi connectivity index (χ3n) is 5.65. The van der Waals surface area contributed by atoms with Crippen LogP contribution in [-0.4, -0.2) is 23.9 Å². The van der Waals surface area contributed by atoms with E-state index in [4.69, 9.17) is 24.2 Å². The smallest absolute Gasteiger partial charge is 0.231 e. The van der Waals surface area contributed by atoms with E-state index in [9.17, 15) is 0 Å². The van der Waals surface area contributed by atoms with Gasteiger partial charge in [0.25, 0.3) is 0 Å². The van der Waals surface area contributed by atoms with E-state index >= 15 is 0 Å². The van der Waals surface area contributed by atoms with Gasteiger partial charge >= 0.3 is 0 Å². The molecule has 2 aromatic heterocycles. The minimum absolute atomic E-state index is 0.241. The van der Waals surface area contributed by atoms with Gasteiger partial charge < -0.3 is 14.2 Å². The van der Waals surface area contributed by atoms with Crippen molar-refractivity contribution >= 4 is 21.8 Å². The predicted molar refractivity (Wildman–Crippen MR) is 135 cm³/mol. The Bertz CT molecular complexity index is 1720. The quantitative estimate of drug-likeness (QED) is 0.254. The molecule has 6 rings (SSSR count). The Morgan fingerprint density at radius 1 is 0.629 bits per heavy atom. The van der Waals surface area contributed by atoms with Crippen LogP contribution in [0.1, 0.15) is 22.5 Å². The van der Waals surface area contributed by atoms with Crippen LogP contribution in [0.2, 0.25) is 0 Å². The zero-order chi connectivity index (χ0) is 23.6. The molecule has 3 heterocycles. The van der Waals surface area contributed by atoms with Crippen molar-refractivity contribution in [3.05, 3.63) is 101 Å². The summed E-state index contributed by atoms with van der Waals surface area (Å²) >= 11 is 0. The molecule has 0 aliphatic carbocycles. The van der Waals surface area contributed by atoms with Crippen molar-refractivity contribution in [2.45, 2.75) is 0 Å². The number of rotatable bonds is 1. The maximum absolute atomic E-state index is 5.44. The highest BCUT2D eigenvalue weighted by atomic mass is 16.7. The second-order valence-corrected chi connectivity index (χ2v) is 7.90. The lowest BCUT2D eigenvalue weighted by atomic mass is 10.1. The molecule has 0 radical (unpaired) electrons. The van der Waals surface area contributed by atoms with Gasteiger partial charge in [-0.15, -0.1) is 0 Å². The molecule has 5 aromatic rings. The van der Waals surface area contributed by atoms with E-state index < -0.39 is 0 Å². The van der Waals surface area contributed by atoms with Gasteiger partial charge in [0, 0.05) is 21.9 Å². The van der Waals surface area contributed by atoms with Crippen LogP contribution in [0.25, 0.3) is 21.8 Å². The number of methoxy groups -OCH3 is 1. The van der Waals surface area contributed by atoms with E-state index in [1.165, 1.54) is 0 Å². The number of ether oxygens (including phenoxy) is 3. The fourth-order valence-electron chi connectivity index (χ4n) is 3.83. The van der Waals surface area contributed by atoms with Gasteiger partial charge in [0.1, 0.15) is 17.1 Å². The summed E-state index contributed by atoms with van der Waals surface area (Å²) in [6, 6.07) is 25.3. The standard InChI is InChI=1S/C30H18N2O3/c1-33-26-15-4-20(5-16-26)2-11-24-13-9-22-7-8-23-10-14-25(32-30(23)29(22)31-24)12-3-21-6-17-27-28(18-21)35-19-34-27/h4-10,13-18H,19H2,1H3. The van der Waals surface area contributed by atoms with Gasteiger partial charge in [-0.3, -0.25) is 0 Å². The van der Waals surface area contributed by atoms with Gasteiger partial charge in [-0.25, -0.2) is 9.97 Å². The van der Waals surface area contributed by atoms with Crippen LogP contribution >= 0.6 is 0 Å². The molecular weight excluding hydrogens is 436 g/mol. The van der Waals surface area contributed by atoms with Crippen LogP contribution in [-0.2, 0) is 0 Å². The van der Waals surface area contributed by atoms with Crippen LogP contribution < -0.4 is 14.2 Å². The maximum atomic E-state index is 5.44. The van der Waals surface area contributed by atoms with Crippen LogP contribution in [0.3, 0.4) is 0 Å². The molecule has 166 valence electrons. The molecule has 5 nitrogen and oxygen atoms in total. The third kappa shape index (κ3) is 4.19. The summed E-state index contributed by atoms with van der Waals surface area (Å²) in [7, 11) is 1.65. The predicted octanol–water partition coefficient (Wildman–Crippen LogP) is 5.32. The van der Waals surface area contributed by atoms with Crippen molar-refractivity contribution in [2.75, 3.05) is 13.9 Å². The summed E-state index contributed by atoms with van der Waals surface area (Å²) in [5.74, 6) is 14.9. The highest BCUT2D eigenvalue weighted by Gasteiger charge is 2.12. The minimum atomic E-state index is 0.241. The lowest BCUT2D eigenvalue weighted by Crippen LogP contribution is -1.92. The van der Waals surface area contributed by atoms with Gasteiger partial charge in [-0.2, -0.15) is 0 Å². The molecular formula is C30H18N2O3. The Balaban J connectivity index is 1.36. The Labute approximate surface area is 202 Å². The lowest BCUT2D eigenvalue weighted by Gasteiger charge is -2.04. The molecule has 1 aliphatic rings. The summed E-state index contributed by atoms with van der Waals surface area (Å²) in [4.78, 5) is 9.63. The number of nitrogens with zero attached hydrogens (tertiary/aromatic N) is 2. The Morgan fingerprint density at radius 2 is 1.20 bits per heavy atom. The summed E-state index contributed by atoms with van der Waals surface area (Å²) < 4.78 is 16.0. The molecule has 1 aliphatic heterocycles. The molecule has 0 unspecified atom stereocenters. The van der Waals surface area contributed by atoms with E-state index in [-0.39, 0.29) is 6.79 Å². The third-order valence-corrected chi connectivity index (χ3v) is 5.65. The molecule has 0 saturated carbocycles. The SMILES string of the molecule is COc1ccc(C#Cc2ccc3ccc4ccc(C#Cc5ccc6c(c5)OCO6)nc4c3n2)cc1. The average Bonchev–Trinajstić information content (AvgIpc) is 3.39. The zero-order valence-corrected chi connectivity index (χ0v) is 18.8. The van der Waals surface area contributed by atoms with Gasteiger partial charge in [-0.1, -0.05) is 24.0 Å². The molecule has 3 aromatic carbocycles. The molecule has 0 spiro atoms. The molecule has 0 bridgehead atoms. The lowest BCUT2D eigenvalue weighted by molar-refractivity contribution is 0.174. The van der Waals surface area contributed by atoms with Crippen molar-refractivity contribution in [3.63, 3.8) is 0 Å². The van der Waals surface area contributed by atoms with E-state index in [0.717, 1.165) is 44.4 Å². The highest BCUT2D eigenvalue weighted by molar-refractivity contribution is 6.03. The number of benzene rings is 3. The normalized spacial score (nSPS) is 11.5. The van der Waals surface area contributed by atoms with Crippen LogP contribution in [0, 0.1) is 23.7 Å². The summed E-state index contributed by atoms with van der Waals surface area (Å²) in [5.41, 5.74) is 4.68. The zero-order valence-electron chi connectivity index (χ0n) is 18.8. The van der Waals surface area contributed by atoms with Gasteiger partial charge in [0.2, 0.25) is 6.79 Å². The average molecular weight is 454 g/mol. The van der Waals surface area contributed by atoms with E-state index in [1.807, 2.05) is 78.9 Å².